The Balaban J connectivity index is 2.00. The summed E-state index contributed by atoms with van der Waals surface area (Å²) in [4.78, 5) is 23.5. The van der Waals surface area contributed by atoms with Gasteiger partial charge in [0.05, 0.1) is 12.2 Å². The number of nitrogens with two attached hydrogens (primary N) is 1. The third-order valence-electron chi connectivity index (χ3n) is 3.36. The van der Waals surface area contributed by atoms with Gasteiger partial charge in [-0.1, -0.05) is 26.0 Å². The van der Waals surface area contributed by atoms with E-state index in [0.717, 1.165) is 0 Å². The number of nitrogens with one attached hydrogen (secondary N) is 2. The molecule has 2 rings (SSSR count). The van der Waals surface area contributed by atoms with Crippen LogP contribution in [0.1, 0.15) is 34.6 Å². The number of ether oxygens (including phenoxy) is 1. The number of anilines is 1. The van der Waals surface area contributed by atoms with Crippen LogP contribution in [-0.2, 0) is 0 Å². The fourth-order valence-electron chi connectivity index (χ4n) is 2.09. The Morgan fingerprint density at radius 1 is 1.12 bits per heavy atom. The molecule has 7 heteroatoms. The van der Waals surface area contributed by atoms with Crippen LogP contribution in [0, 0.1) is 5.92 Å². The maximum absolute atomic E-state index is 12.5. The van der Waals surface area contributed by atoms with Gasteiger partial charge in [-0.05, 0) is 54.5 Å². The lowest BCUT2D eigenvalue weighted by Gasteiger charge is -2.14. The number of hydrogen-bond acceptors (Lipinski definition) is 4. The molecule has 0 radical (unpaired) electrons. The zero-order valence-electron chi connectivity index (χ0n) is 14.6. The summed E-state index contributed by atoms with van der Waals surface area (Å²) in [5, 5.41) is 5.64. The molecule has 0 heterocycles. The highest BCUT2D eigenvalue weighted by Gasteiger charge is 2.14. The van der Waals surface area contributed by atoms with Gasteiger partial charge in [-0.25, -0.2) is 0 Å². The van der Waals surface area contributed by atoms with E-state index < -0.39 is 5.91 Å². The molecule has 2 amide bonds. The molecule has 26 heavy (non-hydrogen) atoms. The summed E-state index contributed by atoms with van der Waals surface area (Å²) >= 11 is 5.17. The third kappa shape index (κ3) is 5.56. The van der Waals surface area contributed by atoms with E-state index in [1.807, 2.05) is 19.9 Å². The van der Waals surface area contributed by atoms with E-state index in [2.05, 4.69) is 10.6 Å². The molecule has 0 aromatic heterocycles. The van der Waals surface area contributed by atoms with Crippen LogP contribution in [0.2, 0.25) is 0 Å². The smallest absolute Gasteiger partial charge is 0.261 e. The van der Waals surface area contributed by atoms with E-state index in [1.54, 1.807) is 42.5 Å². The second-order valence-corrected chi connectivity index (χ2v) is 6.46. The lowest BCUT2D eigenvalue weighted by molar-refractivity contribution is 0.0970. The minimum absolute atomic E-state index is 0.139. The molecule has 0 aliphatic rings. The quantitative estimate of drug-likeness (QED) is 0.679. The molecule has 2 aromatic rings. The van der Waals surface area contributed by atoms with E-state index in [4.69, 9.17) is 22.7 Å². The first kappa shape index (κ1) is 19.4. The SMILES string of the molecule is CC(C)COc1ccccc1C(=O)NC(=S)Nc1ccc(C(N)=O)cc1. The van der Waals surface area contributed by atoms with Gasteiger partial charge in [-0.3, -0.25) is 14.9 Å². The number of carbonyl (C=O) groups excluding carboxylic acids is 2. The Morgan fingerprint density at radius 3 is 2.38 bits per heavy atom. The number of benzene rings is 2. The summed E-state index contributed by atoms with van der Waals surface area (Å²) in [7, 11) is 0. The zero-order chi connectivity index (χ0) is 19.1. The summed E-state index contributed by atoms with van der Waals surface area (Å²) in [6.45, 7) is 4.58. The van der Waals surface area contributed by atoms with Gasteiger partial charge in [-0.2, -0.15) is 0 Å². The Hall–Kier alpha value is -2.93. The molecule has 0 bridgehead atoms. The van der Waals surface area contributed by atoms with Crippen LogP contribution in [0.15, 0.2) is 48.5 Å². The van der Waals surface area contributed by atoms with Crippen molar-refractivity contribution in [2.45, 2.75) is 13.8 Å². The summed E-state index contributed by atoms with van der Waals surface area (Å²) in [5.74, 6) is -0.0226. The zero-order valence-corrected chi connectivity index (χ0v) is 15.4. The molecule has 0 saturated carbocycles. The van der Waals surface area contributed by atoms with Gasteiger partial charge in [0.2, 0.25) is 5.91 Å². The van der Waals surface area contributed by atoms with E-state index >= 15 is 0 Å². The minimum atomic E-state index is -0.509. The first-order chi connectivity index (χ1) is 12.4. The molecule has 2 aromatic carbocycles. The number of carbonyl (C=O) groups is 2. The number of hydrogen-bond donors (Lipinski definition) is 3. The van der Waals surface area contributed by atoms with Crippen molar-refractivity contribution >= 4 is 34.8 Å². The fourth-order valence-corrected chi connectivity index (χ4v) is 2.30. The maximum atomic E-state index is 12.5. The predicted octanol–water partition coefficient (Wildman–Crippen LogP) is 2.95. The second-order valence-electron chi connectivity index (χ2n) is 6.05. The largest absolute Gasteiger partial charge is 0.492 e. The van der Waals surface area contributed by atoms with Crippen molar-refractivity contribution in [3.05, 3.63) is 59.7 Å². The standard InChI is InChI=1S/C19H21N3O3S/c1-12(2)11-25-16-6-4-3-5-15(16)18(24)22-19(26)21-14-9-7-13(8-10-14)17(20)23/h3-10,12H,11H2,1-2H3,(H2,20,23)(H2,21,22,24,26). The Labute approximate surface area is 157 Å². The lowest BCUT2D eigenvalue weighted by Crippen LogP contribution is -2.34. The molecule has 0 fully saturated rings. The Bertz CT molecular complexity index is 804. The predicted molar refractivity (Wildman–Crippen MR) is 105 cm³/mol. The van der Waals surface area contributed by atoms with Crippen LogP contribution in [0.3, 0.4) is 0 Å². The lowest BCUT2D eigenvalue weighted by atomic mass is 10.2. The monoisotopic (exact) mass is 371 g/mol. The highest BCUT2D eigenvalue weighted by Crippen LogP contribution is 2.18. The molecular weight excluding hydrogens is 350 g/mol. The Kier molecular flexibility index (Phi) is 6.68. The van der Waals surface area contributed by atoms with Crippen LogP contribution in [0.4, 0.5) is 5.69 Å². The average molecular weight is 371 g/mol. The third-order valence-corrected chi connectivity index (χ3v) is 3.56. The maximum Gasteiger partial charge on any atom is 0.261 e. The van der Waals surface area contributed by atoms with Gasteiger partial charge in [0.15, 0.2) is 5.11 Å². The van der Waals surface area contributed by atoms with E-state index in [0.29, 0.717) is 35.1 Å². The van der Waals surface area contributed by atoms with Crippen LogP contribution in [0.25, 0.3) is 0 Å². The molecule has 0 atom stereocenters. The summed E-state index contributed by atoms with van der Waals surface area (Å²) in [6, 6.07) is 13.4. The minimum Gasteiger partial charge on any atom is -0.492 e. The normalized spacial score (nSPS) is 10.3. The molecule has 0 aliphatic carbocycles. The molecular formula is C19H21N3O3S. The van der Waals surface area contributed by atoms with Crippen molar-refractivity contribution in [2.24, 2.45) is 11.7 Å². The summed E-state index contributed by atoms with van der Waals surface area (Å²) in [5.41, 5.74) is 6.62. The van der Waals surface area contributed by atoms with Crippen molar-refractivity contribution in [2.75, 3.05) is 11.9 Å². The summed E-state index contributed by atoms with van der Waals surface area (Å²) < 4.78 is 5.69. The molecule has 4 N–H and O–H groups in total. The van der Waals surface area contributed by atoms with Crippen LogP contribution >= 0.6 is 12.2 Å². The molecule has 0 aliphatic heterocycles. The molecule has 136 valence electrons. The number of para-hydroxylation sites is 1. The van der Waals surface area contributed by atoms with Gasteiger partial charge >= 0.3 is 0 Å². The van der Waals surface area contributed by atoms with Gasteiger partial charge in [-0.15, -0.1) is 0 Å². The van der Waals surface area contributed by atoms with Crippen molar-refractivity contribution in [1.29, 1.82) is 0 Å². The van der Waals surface area contributed by atoms with Gasteiger partial charge in [0.25, 0.3) is 5.91 Å². The first-order valence-electron chi connectivity index (χ1n) is 8.11. The van der Waals surface area contributed by atoms with Crippen LogP contribution in [-0.4, -0.2) is 23.5 Å². The molecule has 0 saturated heterocycles. The van der Waals surface area contributed by atoms with Crippen LogP contribution < -0.4 is 21.1 Å². The number of rotatable bonds is 6. The molecule has 0 unspecified atom stereocenters. The highest BCUT2D eigenvalue weighted by molar-refractivity contribution is 7.80. The van der Waals surface area contributed by atoms with Crippen molar-refractivity contribution < 1.29 is 14.3 Å². The number of amides is 2. The Morgan fingerprint density at radius 2 is 1.77 bits per heavy atom. The first-order valence-corrected chi connectivity index (χ1v) is 8.51. The second kappa shape index (κ2) is 8.96. The van der Waals surface area contributed by atoms with Crippen molar-refractivity contribution in [3.63, 3.8) is 0 Å². The fraction of sp³-hybridized carbons (Fsp3) is 0.211. The van der Waals surface area contributed by atoms with E-state index in [1.165, 1.54) is 0 Å². The topological polar surface area (TPSA) is 93.4 Å². The van der Waals surface area contributed by atoms with Gasteiger partial charge < -0.3 is 15.8 Å². The summed E-state index contributed by atoms with van der Waals surface area (Å²) in [6.07, 6.45) is 0. The molecule has 0 spiro atoms. The number of thiocarbonyl (C=S) groups is 1. The highest BCUT2D eigenvalue weighted by atomic mass is 32.1. The number of primary amides is 1. The van der Waals surface area contributed by atoms with E-state index in [9.17, 15) is 9.59 Å². The van der Waals surface area contributed by atoms with Crippen molar-refractivity contribution in [1.82, 2.24) is 5.32 Å². The van der Waals surface area contributed by atoms with Crippen LogP contribution in [0.5, 0.6) is 5.75 Å². The molecule has 6 nitrogen and oxygen atoms in total. The van der Waals surface area contributed by atoms with Crippen molar-refractivity contribution in [3.8, 4) is 5.75 Å². The van der Waals surface area contributed by atoms with Gasteiger partial charge in [0, 0.05) is 11.3 Å². The average Bonchev–Trinajstić information content (AvgIpc) is 2.60. The van der Waals surface area contributed by atoms with E-state index in [-0.39, 0.29) is 11.0 Å². The van der Waals surface area contributed by atoms with Gasteiger partial charge in [0.1, 0.15) is 5.75 Å².